The molecule has 2 aromatic rings. The van der Waals surface area contributed by atoms with Crippen LogP contribution >= 0.6 is 11.6 Å². The van der Waals surface area contributed by atoms with Crippen LogP contribution in [0, 0.1) is 0 Å². The lowest BCUT2D eigenvalue weighted by Gasteiger charge is -1.98. The summed E-state index contributed by atoms with van der Waals surface area (Å²) in [5.41, 5.74) is 2.17. The first-order valence-corrected chi connectivity index (χ1v) is 5.36. The second-order valence-electron chi connectivity index (χ2n) is 3.34. The molecule has 0 N–H and O–H groups in total. The SMILES string of the molecule is ClCc1c[n+](Cc2ccccc2)ccn1. The van der Waals surface area contributed by atoms with Crippen molar-refractivity contribution in [3.63, 3.8) is 0 Å². The molecule has 1 aromatic heterocycles. The molecule has 0 amide bonds. The van der Waals surface area contributed by atoms with Crippen LogP contribution in [0.2, 0.25) is 0 Å². The van der Waals surface area contributed by atoms with E-state index in [2.05, 4.69) is 21.7 Å². The number of aromatic nitrogens is 2. The molecule has 0 atom stereocenters. The largest absolute Gasteiger partial charge is 0.248 e. The van der Waals surface area contributed by atoms with Crippen LogP contribution < -0.4 is 4.57 Å². The van der Waals surface area contributed by atoms with Gasteiger partial charge in [-0.3, -0.25) is 0 Å². The minimum Gasteiger partial charge on any atom is -0.248 e. The van der Waals surface area contributed by atoms with Crippen molar-refractivity contribution in [1.29, 1.82) is 0 Å². The maximum absolute atomic E-state index is 5.73. The predicted molar refractivity (Wildman–Crippen MR) is 59.5 cm³/mol. The van der Waals surface area contributed by atoms with Gasteiger partial charge in [0, 0.05) is 5.56 Å². The van der Waals surface area contributed by atoms with Gasteiger partial charge in [-0.1, -0.05) is 30.3 Å². The zero-order chi connectivity index (χ0) is 10.5. The third-order valence-corrected chi connectivity index (χ3v) is 2.43. The Morgan fingerprint density at radius 2 is 2.00 bits per heavy atom. The van der Waals surface area contributed by atoms with Crippen LogP contribution in [0.3, 0.4) is 0 Å². The van der Waals surface area contributed by atoms with Crippen molar-refractivity contribution >= 4 is 11.6 Å². The van der Waals surface area contributed by atoms with E-state index in [-0.39, 0.29) is 0 Å². The summed E-state index contributed by atoms with van der Waals surface area (Å²) in [7, 11) is 0. The summed E-state index contributed by atoms with van der Waals surface area (Å²) in [5.74, 6) is 0.454. The highest BCUT2D eigenvalue weighted by Crippen LogP contribution is 1.98. The second-order valence-corrected chi connectivity index (χ2v) is 3.61. The molecule has 0 radical (unpaired) electrons. The van der Waals surface area contributed by atoms with Crippen LogP contribution in [0.15, 0.2) is 48.9 Å². The zero-order valence-corrected chi connectivity index (χ0v) is 9.06. The first-order valence-electron chi connectivity index (χ1n) is 4.82. The maximum atomic E-state index is 5.73. The van der Waals surface area contributed by atoms with Gasteiger partial charge in [-0.05, 0) is 0 Å². The van der Waals surface area contributed by atoms with Crippen molar-refractivity contribution in [3.8, 4) is 0 Å². The molecule has 0 spiro atoms. The van der Waals surface area contributed by atoms with Crippen molar-refractivity contribution in [2.75, 3.05) is 0 Å². The van der Waals surface area contributed by atoms with Gasteiger partial charge in [0.15, 0.2) is 18.9 Å². The van der Waals surface area contributed by atoms with Crippen molar-refractivity contribution in [1.82, 2.24) is 4.98 Å². The molecule has 0 saturated carbocycles. The first-order chi connectivity index (χ1) is 7.38. The molecule has 0 aliphatic carbocycles. The smallest absolute Gasteiger partial charge is 0.192 e. The molecule has 3 heteroatoms. The fraction of sp³-hybridized carbons (Fsp3) is 0.167. The number of hydrogen-bond acceptors (Lipinski definition) is 1. The summed E-state index contributed by atoms with van der Waals surface area (Å²) in [6, 6.07) is 10.3. The first kappa shape index (κ1) is 10.1. The molecular weight excluding hydrogens is 208 g/mol. The molecule has 0 unspecified atom stereocenters. The quantitative estimate of drug-likeness (QED) is 0.571. The summed E-state index contributed by atoms with van der Waals surface area (Å²) < 4.78 is 2.08. The van der Waals surface area contributed by atoms with E-state index in [1.165, 1.54) is 5.56 Å². The Hall–Kier alpha value is -1.41. The molecular formula is C12H12ClN2+. The predicted octanol–water partition coefficient (Wildman–Crippen LogP) is 2.16. The minimum atomic E-state index is 0.454. The van der Waals surface area contributed by atoms with E-state index in [4.69, 9.17) is 11.6 Å². The lowest BCUT2D eigenvalue weighted by Crippen LogP contribution is -2.34. The van der Waals surface area contributed by atoms with E-state index in [1.807, 2.05) is 30.6 Å². The van der Waals surface area contributed by atoms with Gasteiger partial charge in [-0.25, -0.2) is 4.98 Å². The standard InChI is InChI=1S/C12H12ClN2/c13-8-12-10-15(7-6-14-12)9-11-4-2-1-3-5-11/h1-7,10H,8-9H2/q+1. The number of halogens is 1. The van der Waals surface area contributed by atoms with Crippen LogP contribution in [0.1, 0.15) is 11.3 Å². The summed E-state index contributed by atoms with van der Waals surface area (Å²) >= 11 is 5.73. The molecule has 0 aliphatic heterocycles. The maximum Gasteiger partial charge on any atom is 0.192 e. The Morgan fingerprint density at radius 1 is 1.20 bits per heavy atom. The van der Waals surface area contributed by atoms with E-state index < -0.39 is 0 Å². The Bertz CT molecular complexity index is 429. The van der Waals surface area contributed by atoms with Gasteiger partial charge in [0.2, 0.25) is 0 Å². The van der Waals surface area contributed by atoms with Crippen LogP contribution in [0.5, 0.6) is 0 Å². The van der Waals surface area contributed by atoms with Crippen molar-refractivity contribution in [3.05, 3.63) is 60.2 Å². The third-order valence-electron chi connectivity index (χ3n) is 2.16. The van der Waals surface area contributed by atoms with Crippen LogP contribution in [0.4, 0.5) is 0 Å². The summed E-state index contributed by atoms with van der Waals surface area (Å²) in [6.07, 6.45) is 5.70. The fourth-order valence-corrected chi connectivity index (χ4v) is 1.58. The Balaban J connectivity index is 2.17. The normalized spacial score (nSPS) is 10.2. The third kappa shape index (κ3) is 2.77. The number of rotatable bonds is 3. The monoisotopic (exact) mass is 219 g/mol. The van der Waals surface area contributed by atoms with Crippen molar-refractivity contribution in [2.45, 2.75) is 12.4 Å². The highest BCUT2D eigenvalue weighted by Gasteiger charge is 2.03. The second kappa shape index (κ2) is 4.89. The molecule has 1 aromatic carbocycles. The molecule has 0 saturated heterocycles. The lowest BCUT2D eigenvalue weighted by atomic mass is 10.2. The molecule has 1 heterocycles. The van der Waals surface area contributed by atoms with Crippen LogP contribution in [0.25, 0.3) is 0 Å². The van der Waals surface area contributed by atoms with Gasteiger partial charge >= 0.3 is 0 Å². The molecule has 76 valence electrons. The number of hydrogen-bond donors (Lipinski definition) is 0. The van der Waals surface area contributed by atoms with E-state index in [0.29, 0.717) is 5.88 Å². The topological polar surface area (TPSA) is 16.8 Å². The Labute approximate surface area is 94.2 Å². The van der Waals surface area contributed by atoms with Gasteiger partial charge in [-0.2, -0.15) is 4.57 Å². The van der Waals surface area contributed by atoms with Crippen LogP contribution in [-0.4, -0.2) is 4.98 Å². The Morgan fingerprint density at radius 3 is 2.73 bits per heavy atom. The highest BCUT2D eigenvalue weighted by molar-refractivity contribution is 6.16. The van der Waals surface area contributed by atoms with Crippen LogP contribution in [-0.2, 0) is 12.4 Å². The lowest BCUT2D eigenvalue weighted by molar-refractivity contribution is -0.689. The molecule has 0 bridgehead atoms. The summed E-state index contributed by atoms with van der Waals surface area (Å²) in [6.45, 7) is 0.854. The highest BCUT2D eigenvalue weighted by atomic mass is 35.5. The van der Waals surface area contributed by atoms with E-state index >= 15 is 0 Å². The average Bonchev–Trinajstić information content (AvgIpc) is 2.31. The van der Waals surface area contributed by atoms with E-state index in [1.54, 1.807) is 6.20 Å². The molecule has 15 heavy (non-hydrogen) atoms. The summed E-state index contributed by atoms with van der Waals surface area (Å²) in [5, 5.41) is 0. The molecule has 2 rings (SSSR count). The van der Waals surface area contributed by atoms with E-state index in [9.17, 15) is 0 Å². The van der Waals surface area contributed by atoms with Gasteiger partial charge in [0.1, 0.15) is 5.69 Å². The van der Waals surface area contributed by atoms with Gasteiger partial charge < -0.3 is 0 Å². The number of benzene rings is 1. The zero-order valence-electron chi connectivity index (χ0n) is 8.31. The van der Waals surface area contributed by atoms with Gasteiger partial charge in [0.25, 0.3) is 0 Å². The van der Waals surface area contributed by atoms with Crippen molar-refractivity contribution < 1.29 is 4.57 Å². The van der Waals surface area contributed by atoms with Crippen molar-refractivity contribution in [2.24, 2.45) is 0 Å². The Kier molecular flexibility index (Phi) is 3.30. The molecule has 0 fully saturated rings. The molecule has 0 aliphatic rings. The van der Waals surface area contributed by atoms with Gasteiger partial charge in [-0.15, -0.1) is 11.6 Å². The number of alkyl halides is 1. The number of nitrogens with zero attached hydrogens (tertiary/aromatic N) is 2. The average molecular weight is 220 g/mol. The minimum absolute atomic E-state index is 0.454. The summed E-state index contributed by atoms with van der Waals surface area (Å²) in [4.78, 5) is 4.15. The fourth-order valence-electron chi connectivity index (χ4n) is 1.44. The molecule has 2 nitrogen and oxygen atoms in total. The van der Waals surface area contributed by atoms with Gasteiger partial charge in [0.05, 0.1) is 12.1 Å². The van der Waals surface area contributed by atoms with E-state index in [0.717, 1.165) is 12.2 Å².